The van der Waals surface area contributed by atoms with Gasteiger partial charge in [0.15, 0.2) is 0 Å². The van der Waals surface area contributed by atoms with Gasteiger partial charge >= 0.3 is 0 Å². The van der Waals surface area contributed by atoms with E-state index in [1.54, 1.807) is 13.2 Å². The standard InChI is InChI=1S/C26H31N3O3/c1-32-23-7-4-6-20(17-23)25(30)28-15-11-19-16-21(9-10-22(19)18-28)26(31)29-14-5-8-24(29)27-12-2-3-13-27/h4,6-7,9-10,16-17,24H,2-3,5,8,11-15,18H2,1H3. The molecule has 0 N–H and O–H groups in total. The van der Waals surface area contributed by atoms with Gasteiger partial charge in [-0.1, -0.05) is 12.1 Å². The lowest BCUT2D eigenvalue weighted by atomic mass is 9.96. The minimum Gasteiger partial charge on any atom is -0.497 e. The Hall–Kier alpha value is -2.86. The zero-order valence-corrected chi connectivity index (χ0v) is 18.8. The Kier molecular flexibility index (Phi) is 5.87. The highest BCUT2D eigenvalue weighted by atomic mass is 16.5. The normalized spacial score (nSPS) is 21.0. The van der Waals surface area contributed by atoms with Crippen LogP contribution in [0.25, 0.3) is 0 Å². The molecule has 3 aliphatic rings. The van der Waals surface area contributed by atoms with Crippen LogP contribution in [0.2, 0.25) is 0 Å². The smallest absolute Gasteiger partial charge is 0.255 e. The van der Waals surface area contributed by atoms with Crippen LogP contribution in [-0.2, 0) is 13.0 Å². The van der Waals surface area contributed by atoms with Crippen LogP contribution >= 0.6 is 0 Å². The summed E-state index contributed by atoms with van der Waals surface area (Å²) in [7, 11) is 1.61. The first kappa shape index (κ1) is 21.0. The zero-order chi connectivity index (χ0) is 22.1. The zero-order valence-electron chi connectivity index (χ0n) is 18.8. The van der Waals surface area contributed by atoms with Crippen molar-refractivity contribution in [3.63, 3.8) is 0 Å². The van der Waals surface area contributed by atoms with Gasteiger partial charge in [-0.05, 0) is 73.6 Å². The fourth-order valence-electron chi connectivity index (χ4n) is 5.37. The topological polar surface area (TPSA) is 53.1 Å². The average Bonchev–Trinajstić information content (AvgIpc) is 3.54. The lowest BCUT2D eigenvalue weighted by Gasteiger charge is -2.33. The molecule has 6 nitrogen and oxygen atoms in total. The van der Waals surface area contributed by atoms with E-state index in [-0.39, 0.29) is 18.0 Å². The van der Waals surface area contributed by atoms with Crippen molar-refractivity contribution in [1.82, 2.24) is 14.7 Å². The molecule has 32 heavy (non-hydrogen) atoms. The van der Waals surface area contributed by atoms with Gasteiger partial charge in [-0.25, -0.2) is 0 Å². The van der Waals surface area contributed by atoms with Gasteiger partial charge < -0.3 is 14.5 Å². The van der Waals surface area contributed by atoms with Crippen molar-refractivity contribution < 1.29 is 14.3 Å². The van der Waals surface area contributed by atoms with Gasteiger partial charge in [0.05, 0.1) is 13.3 Å². The van der Waals surface area contributed by atoms with E-state index in [0.29, 0.717) is 24.4 Å². The molecule has 5 rings (SSSR count). The number of likely N-dealkylation sites (tertiary alicyclic amines) is 2. The molecule has 2 saturated heterocycles. The number of rotatable bonds is 4. The summed E-state index contributed by atoms with van der Waals surface area (Å²) >= 11 is 0. The minimum absolute atomic E-state index is 0.0141. The van der Waals surface area contributed by atoms with Crippen LogP contribution in [0, 0.1) is 0 Å². The van der Waals surface area contributed by atoms with E-state index in [4.69, 9.17) is 4.74 Å². The van der Waals surface area contributed by atoms with Crippen LogP contribution in [0.3, 0.4) is 0 Å². The number of benzene rings is 2. The maximum atomic E-state index is 13.3. The highest BCUT2D eigenvalue weighted by Gasteiger charge is 2.35. The second kappa shape index (κ2) is 8.94. The van der Waals surface area contributed by atoms with Crippen LogP contribution in [-0.4, -0.2) is 66.0 Å². The first-order valence-corrected chi connectivity index (χ1v) is 11.7. The summed E-state index contributed by atoms with van der Waals surface area (Å²) in [5, 5.41) is 0. The summed E-state index contributed by atoms with van der Waals surface area (Å²) in [6.07, 6.45) is 5.67. The van der Waals surface area contributed by atoms with Gasteiger partial charge in [-0.15, -0.1) is 0 Å². The fraction of sp³-hybridized carbons (Fsp3) is 0.462. The predicted octanol–water partition coefficient (Wildman–Crippen LogP) is 3.55. The van der Waals surface area contributed by atoms with E-state index in [2.05, 4.69) is 15.9 Å². The number of fused-ring (bicyclic) bond motifs is 1. The molecule has 3 heterocycles. The summed E-state index contributed by atoms with van der Waals surface area (Å²) in [5.74, 6) is 0.850. The monoisotopic (exact) mass is 433 g/mol. The molecule has 6 heteroatoms. The van der Waals surface area contributed by atoms with E-state index < -0.39 is 0 Å². The fourth-order valence-corrected chi connectivity index (χ4v) is 5.37. The molecule has 2 amide bonds. The number of hydrogen-bond acceptors (Lipinski definition) is 4. The van der Waals surface area contributed by atoms with Crippen LogP contribution in [0.1, 0.15) is 57.5 Å². The summed E-state index contributed by atoms with van der Waals surface area (Å²) in [4.78, 5) is 32.8. The molecular weight excluding hydrogens is 402 g/mol. The van der Waals surface area contributed by atoms with Gasteiger partial charge in [0.25, 0.3) is 11.8 Å². The van der Waals surface area contributed by atoms with Gasteiger partial charge in [0, 0.05) is 43.9 Å². The Morgan fingerprint density at radius 3 is 2.50 bits per heavy atom. The first-order chi connectivity index (χ1) is 15.6. The predicted molar refractivity (Wildman–Crippen MR) is 123 cm³/mol. The highest BCUT2D eigenvalue weighted by Crippen LogP contribution is 2.28. The first-order valence-electron chi connectivity index (χ1n) is 11.7. The van der Waals surface area contributed by atoms with Crippen molar-refractivity contribution in [2.24, 2.45) is 0 Å². The number of carbonyl (C=O) groups is 2. The maximum Gasteiger partial charge on any atom is 0.255 e. The van der Waals surface area contributed by atoms with E-state index in [0.717, 1.165) is 50.0 Å². The molecule has 0 aromatic heterocycles. The third kappa shape index (κ3) is 3.99. The number of amides is 2. The van der Waals surface area contributed by atoms with E-state index in [9.17, 15) is 9.59 Å². The van der Waals surface area contributed by atoms with Gasteiger partial charge in [0.2, 0.25) is 0 Å². The van der Waals surface area contributed by atoms with E-state index in [1.165, 1.54) is 18.4 Å². The van der Waals surface area contributed by atoms with Crippen LogP contribution in [0.4, 0.5) is 0 Å². The Morgan fingerprint density at radius 2 is 1.69 bits per heavy atom. The van der Waals surface area contributed by atoms with Crippen molar-refractivity contribution in [2.75, 3.05) is 33.3 Å². The van der Waals surface area contributed by atoms with Gasteiger partial charge in [-0.2, -0.15) is 0 Å². The molecule has 1 unspecified atom stereocenters. The molecule has 2 aromatic carbocycles. The molecule has 168 valence electrons. The number of carbonyl (C=O) groups excluding carboxylic acids is 2. The summed E-state index contributed by atoms with van der Waals surface area (Å²) in [5.41, 5.74) is 3.73. The second-order valence-electron chi connectivity index (χ2n) is 9.06. The summed E-state index contributed by atoms with van der Waals surface area (Å²) in [6.45, 7) is 4.28. The average molecular weight is 434 g/mol. The van der Waals surface area contributed by atoms with E-state index >= 15 is 0 Å². The summed E-state index contributed by atoms with van der Waals surface area (Å²) in [6, 6.07) is 13.3. The van der Waals surface area contributed by atoms with Crippen molar-refractivity contribution >= 4 is 11.8 Å². The molecular formula is C26H31N3O3. The molecule has 0 spiro atoms. The Morgan fingerprint density at radius 1 is 0.875 bits per heavy atom. The Labute approximate surface area is 189 Å². The van der Waals surface area contributed by atoms with Gasteiger partial charge in [0.1, 0.15) is 5.75 Å². The molecule has 0 aliphatic carbocycles. The number of hydrogen-bond donors (Lipinski definition) is 0. The minimum atomic E-state index is 0.0141. The molecule has 0 saturated carbocycles. The van der Waals surface area contributed by atoms with Crippen molar-refractivity contribution in [2.45, 2.75) is 44.8 Å². The number of methoxy groups -OCH3 is 1. The van der Waals surface area contributed by atoms with Crippen LogP contribution < -0.4 is 4.74 Å². The van der Waals surface area contributed by atoms with Crippen molar-refractivity contribution in [3.05, 3.63) is 64.7 Å². The Bertz CT molecular complexity index is 1020. The lowest BCUT2D eigenvalue weighted by Crippen LogP contribution is -2.46. The number of nitrogens with zero attached hydrogens (tertiary/aromatic N) is 3. The third-order valence-corrected chi connectivity index (χ3v) is 7.11. The molecule has 0 bridgehead atoms. The SMILES string of the molecule is COc1cccc(C(=O)N2CCc3cc(C(=O)N4CCCC4N4CCCC4)ccc3C2)c1. The van der Waals surface area contributed by atoms with Crippen molar-refractivity contribution in [3.8, 4) is 5.75 Å². The van der Waals surface area contributed by atoms with Crippen LogP contribution in [0.15, 0.2) is 42.5 Å². The second-order valence-corrected chi connectivity index (χ2v) is 9.06. The molecule has 2 aromatic rings. The molecule has 3 aliphatic heterocycles. The highest BCUT2D eigenvalue weighted by molar-refractivity contribution is 5.96. The quantitative estimate of drug-likeness (QED) is 0.740. The lowest BCUT2D eigenvalue weighted by molar-refractivity contribution is 0.0530. The Balaban J connectivity index is 1.30. The summed E-state index contributed by atoms with van der Waals surface area (Å²) < 4.78 is 5.26. The molecule has 0 radical (unpaired) electrons. The van der Waals surface area contributed by atoms with Crippen LogP contribution in [0.5, 0.6) is 5.75 Å². The maximum absolute atomic E-state index is 13.3. The molecule has 1 atom stereocenters. The van der Waals surface area contributed by atoms with E-state index in [1.807, 2.05) is 35.2 Å². The van der Waals surface area contributed by atoms with Crippen molar-refractivity contribution in [1.29, 1.82) is 0 Å². The largest absolute Gasteiger partial charge is 0.497 e. The molecule has 2 fully saturated rings. The number of ether oxygens (including phenoxy) is 1. The third-order valence-electron chi connectivity index (χ3n) is 7.11. The van der Waals surface area contributed by atoms with Gasteiger partial charge in [-0.3, -0.25) is 14.5 Å².